The smallest absolute Gasteiger partial charge is 0.241 e. The summed E-state index contributed by atoms with van der Waals surface area (Å²) >= 11 is 0. The molecule has 4 rings (SSSR count). The van der Waals surface area contributed by atoms with Crippen LogP contribution in [-0.4, -0.2) is 22.4 Å². The molecule has 28 heavy (non-hydrogen) atoms. The molecule has 0 spiro atoms. The maximum absolute atomic E-state index is 6.14. The van der Waals surface area contributed by atoms with Crippen molar-refractivity contribution < 1.29 is 4.74 Å². The predicted molar refractivity (Wildman–Crippen MR) is 116 cm³/mol. The molecule has 1 N–H and O–H groups in total. The average Bonchev–Trinajstić information content (AvgIpc) is 3.18. The van der Waals surface area contributed by atoms with E-state index < -0.39 is 0 Å². The molecular weight excluding hydrogens is 370 g/mol. The maximum atomic E-state index is 6.14. The van der Waals surface area contributed by atoms with Gasteiger partial charge in [0.05, 0.1) is 11.6 Å². The minimum Gasteiger partial charge on any atom is -0.471 e. The van der Waals surface area contributed by atoms with Gasteiger partial charge < -0.3 is 10.1 Å². The molecule has 5 heteroatoms. The van der Waals surface area contributed by atoms with Crippen LogP contribution in [0.5, 0.6) is 5.88 Å². The summed E-state index contributed by atoms with van der Waals surface area (Å²) in [6.45, 7) is 3.86. The van der Waals surface area contributed by atoms with E-state index in [2.05, 4.69) is 59.5 Å². The zero-order valence-corrected chi connectivity index (χ0v) is 17.1. The van der Waals surface area contributed by atoms with Gasteiger partial charge in [0.2, 0.25) is 5.88 Å². The molecule has 1 aliphatic heterocycles. The minimum atomic E-state index is 0. The predicted octanol–water partition coefficient (Wildman–Crippen LogP) is 5.25. The SMILES string of the molecule is CC(C1CCCCN1)n1cc(-c2ccccc2)c(OCc2ccccc2)n1.Cl. The van der Waals surface area contributed by atoms with Crippen molar-refractivity contribution >= 4 is 12.4 Å². The van der Waals surface area contributed by atoms with Crippen molar-refractivity contribution in [2.75, 3.05) is 6.54 Å². The number of benzene rings is 2. The van der Waals surface area contributed by atoms with Crippen LogP contribution in [0.3, 0.4) is 0 Å². The summed E-state index contributed by atoms with van der Waals surface area (Å²) in [6, 6.07) is 21.4. The summed E-state index contributed by atoms with van der Waals surface area (Å²) in [5.41, 5.74) is 3.33. The molecule has 4 nitrogen and oxygen atoms in total. The van der Waals surface area contributed by atoms with Crippen LogP contribution in [-0.2, 0) is 6.61 Å². The minimum absolute atomic E-state index is 0. The molecule has 2 unspecified atom stereocenters. The molecule has 1 saturated heterocycles. The highest BCUT2D eigenvalue weighted by Crippen LogP contribution is 2.31. The molecule has 3 aromatic rings. The van der Waals surface area contributed by atoms with E-state index >= 15 is 0 Å². The largest absolute Gasteiger partial charge is 0.471 e. The Labute approximate surface area is 173 Å². The number of aromatic nitrogens is 2. The van der Waals surface area contributed by atoms with E-state index in [1.54, 1.807) is 0 Å². The van der Waals surface area contributed by atoms with E-state index in [0.717, 1.165) is 23.2 Å². The normalized spacial score (nSPS) is 17.5. The third-order valence-electron chi connectivity index (χ3n) is 5.35. The van der Waals surface area contributed by atoms with Crippen LogP contribution in [0.15, 0.2) is 66.9 Å². The fourth-order valence-electron chi connectivity index (χ4n) is 3.71. The van der Waals surface area contributed by atoms with Gasteiger partial charge in [-0.15, -0.1) is 17.5 Å². The van der Waals surface area contributed by atoms with E-state index in [9.17, 15) is 0 Å². The van der Waals surface area contributed by atoms with Gasteiger partial charge in [-0.3, -0.25) is 4.68 Å². The van der Waals surface area contributed by atoms with Gasteiger partial charge in [0, 0.05) is 12.2 Å². The first-order valence-electron chi connectivity index (χ1n) is 9.86. The number of hydrogen-bond donors (Lipinski definition) is 1. The molecule has 1 aromatic heterocycles. The molecule has 0 aliphatic carbocycles. The quantitative estimate of drug-likeness (QED) is 0.617. The molecule has 2 heterocycles. The maximum Gasteiger partial charge on any atom is 0.241 e. The summed E-state index contributed by atoms with van der Waals surface area (Å²) in [5, 5.41) is 8.47. The first-order valence-corrected chi connectivity index (χ1v) is 9.86. The summed E-state index contributed by atoms with van der Waals surface area (Å²) in [4.78, 5) is 0. The molecule has 148 valence electrons. The number of nitrogens with one attached hydrogen (secondary N) is 1. The van der Waals surface area contributed by atoms with Crippen LogP contribution in [0, 0.1) is 0 Å². The standard InChI is InChI=1S/C23H27N3O.ClH/c1-18(22-14-8-9-15-24-22)26-16-21(20-12-6-3-7-13-20)23(25-26)27-17-19-10-4-2-5-11-19;/h2-7,10-13,16,18,22,24H,8-9,14-15,17H2,1H3;1H. The van der Waals surface area contributed by atoms with Gasteiger partial charge in [0.15, 0.2) is 0 Å². The Kier molecular flexibility index (Phi) is 7.12. The van der Waals surface area contributed by atoms with Gasteiger partial charge in [-0.1, -0.05) is 67.1 Å². The second kappa shape index (κ2) is 9.76. The summed E-state index contributed by atoms with van der Waals surface area (Å²) in [7, 11) is 0. The van der Waals surface area contributed by atoms with Gasteiger partial charge in [-0.05, 0) is 37.4 Å². The average molecular weight is 398 g/mol. The Hall–Kier alpha value is -2.30. The second-order valence-electron chi connectivity index (χ2n) is 7.27. The summed E-state index contributed by atoms with van der Waals surface area (Å²) < 4.78 is 8.22. The lowest BCUT2D eigenvalue weighted by atomic mass is 9.99. The number of halogens is 1. The molecular formula is C23H28ClN3O. The zero-order chi connectivity index (χ0) is 18.5. The second-order valence-corrected chi connectivity index (χ2v) is 7.27. The van der Waals surface area contributed by atoms with Crippen LogP contribution < -0.4 is 10.1 Å². The number of rotatable bonds is 6. The summed E-state index contributed by atoms with van der Waals surface area (Å²) in [5.74, 6) is 0.702. The van der Waals surface area contributed by atoms with Crippen LogP contribution in [0.2, 0.25) is 0 Å². The van der Waals surface area contributed by atoms with Gasteiger partial charge in [0.1, 0.15) is 6.61 Å². The van der Waals surface area contributed by atoms with Crippen LogP contribution in [0.4, 0.5) is 0 Å². The van der Waals surface area contributed by atoms with Crippen molar-refractivity contribution in [2.45, 2.75) is 44.9 Å². The molecule has 2 atom stereocenters. The van der Waals surface area contributed by atoms with Gasteiger partial charge in [0.25, 0.3) is 0 Å². The lowest BCUT2D eigenvalue weighted by Crippen LogP contribution is -2.40. The molecule has 0 bridgehead atoms. The Morgan fingerprint density at radius 1 is 1.07 bits per heavy atom. The van der Waals surface area contributed by atoms with Crippen LogP contribution in [0.1, 0.15) is 37.8 Å². The van der Waals surface area contributed by atoms with Crippen LogP contribution >= 0.6 is 12.4 Å². The molecule has 1 aliphatic rings. The van der Waals surface area contributed by atoms with Gasteiger partial charge in [-0.25, -0.2) is 0 Å². The molecule has 0 radical (unpaired) electrons. The number of hydrogen-bond acceptors (Lipinski definition) is 3. The molecule has 1 fully saturated rings. The molecule has 2 aromatic carbocycles. The Bertz CT molecular complexity index is 845. The molecule has 0 saturated carbocycles. The van der Waals surface area contributed by atoms with Crippen LogP contribution in [0.25, 0.3) is 11.1 Å². The van der Waals surface area contributed by atoms with Crippen molar-refractivity contribution in [3.05, 3.63) is 72.4 Å². The third-order valence-corrected chi connectivity index (χ3v) is 5.35. The number of nitrogens with zero attached hydrogens (tertiary/aromatic N) is 2. The zero-order valence-electron chi connectivity index (χ0n) is 16.3. The van der Waals surface area contributed by atoms with E-state index in [1.807, 2.05) is 24.3 Å². The first-order chi connectivity index (χ1) is 13.3. The van der Waals surface area contributed by atoms with Crippen molar-refractivity contribution in [2.24, 2.45) is 0 Å². The summed E-state index contributed by atoms with van der Waals surface area (Å²) in [6.07, 6.45) is 5.88. The Morgan fingerprint density at radius 2 is 1.79 bits per heavy atom. The highest BCUT2D eigenvalue weighted by atomic mass is 35.5. The number of piperidine rings is 1. The van der Waals surface area contributed by atoms with Gasteiger partial charge in [-0.2, -0.15) is 0 Å². The Morgan fingerprint density at radius 3 is 2.46 bits per heavy atom. The van der Waals surface area contributed by atoms with Crippen molar-refractivity contribution in [1.29, 1.82) is 0 Å². The van der Waals surface area contributed by atoms with Gasteiger partial charge >= 0.3 is 0 Å². The van der Waals surface area contributed by atoms with E-state index in [4.69, 9.17) is 9.84 Å². The van der Waals surface area contributed by atoms with Crippen molar-refractivity contribution in [1.82, 2.24) is 15.1 Å². The third kappa shape index (κ3) is 4.75. The number of ether oxygens (including phenoxy) is 1. The van der Waals surface area contributed by atoms with Crippen molar-refractivity contribution in [3.63, 3.8) is 0 Å². The highest BCUT2D eigenvalue weighted by molar-refractivity contribution is 5.85. The van der Waals surface area contributed by atoms with E-state index in [1.165, 1.54) is 19.3 Å². The highest BCUT2D eigenvalue weighted by Gasteiger charge is 2.23. The monoisotopic (exact) mass is 397 g/mol. The lowest BCUT2D eigenvalue weighted by molar-refractivity contribution is 0.268. The van der Waals surface area contributed by atoms with Crippen molar-refractivity contribution in [3.8, 4) is 17.0 Å². The fourth-order valence-corrected chi connectivity index (χ4v) is 3.71. The topological polar surface area (TPSA) is 39.1 Å². The first kappa shape index (κ1) is 20.4. The fraction of sp³-hybridized carbons (Fsp3) is 0.348. The molecule has 0 amide bonds. The lowest BCUT2D eigenvalue weighted by Gasteiger charge is -2.29. The van der Waals surface area contributed by atoms with E-state index in [0.29, 0.717) is 24.6 Å². The Balaban J connectivity index is 0.00000225. The van der Waals surface area contributed by atoms with E-state index in [-0.39, 0.29) is 12.4 Å².